The highest BCUT2D eigenvalue weighted by Gasteiger charge is 2.11. The van der Waals surface area contributed by atoms with Gasteiger partial charge in [0.05, 0.1) is 0 Å². The van der Waals surface area contributed by atoms with Crippen LogP contribution in [0.15, 0.2) is 6.33 Å². The van der Waals surface area contributed by atoms with Crippen molar-refractivity contribution >= 4 is 17.3 Å². The van der Waals surface area contributed by atoms with Crippen LogP contribution in [-0.4, -0.2) is 47.1 Å². The van der Waals surface area contributed by atoms with Crippen molar-refractivity contribution in [1.82, 2.24) is 14.9 Å². The molecule has 1 aliphatic rings. The zero-order valence-corrected chi connectivity index (χ0v) is 12.5. The normalized spacial score (nSPS) is 16.4. The molecule has 4 N–H and O–H groups in total. The van der Waals surface area contributed by atoms with Gasteiger partial charge in [-0.15, -0.1) is 0 Å². The third-order valence-electron chi connectivity index (χ3n) is 3.48. The first-order chi connectivity index (χ1) is 9.66. The number of aromatic nitrogens is 2. The number of nitrogens with zero attached hydrogens (tertiary/aromatic N) is 3. The Morgan fingerprint density at radius 3 is 2.60 bits per heavy atom. The monoisotopic (exact) mass is 278 g/mol. The van der Waals surface area contributed by atoms with Crippen LogP contribution in [0, 0.1) is 0 Å². The Hall–Kier alpha value is -1.56. The maximum atomic E-state index is 6.09. The minimum absolute atomic E-state index is 0.299. The Morgan fingerprint density at radius 1 is 1.20 bits per heavy atom. The molecular weight excluding hydrogens is 252 g/mol. The molecule has 0 aromatic carbocycles. The summed E-state index contributed by atoms with van der Waals surface area (Å²) in [6.45, 7) is 8.44. The van der Waals surface area contributed by atoms with Crippen LogP contribution in [-0.2, 0) is 0 Å². The first kappa shape index (κ1) is 14.8. The molecule has 0 spiro atoms. The number of nitrogens with two attached hydrogens (primary N) is 1. The number of nitrogen functional groups attached to an aromatic ring is 1. The van der Waals surface area contributed by atoms with Crippen molar-refractivity contribution < 1.29 is 0 Å². The van der Waals surface area contributed by atoms with Crippen molar-refractivity contribution in [2.45, 2.75) is 39.2 Å². The largest absolute Gasteiger partial charge is 0.393 e. The number of likely N-dealkylation sites (tertiary alicyclic amines) is 1. The second kappa shape index (κ2) is 7.28. The molecule has 1 saturated heterocycles. The van der Waals surface area contributed by atoms with Crippen molar-refractivity contribution in [2.75, 3.05) is 42.5 Å². The molecule has 6 nitrogen and oxygen atoms in total. The minimum atomic E-state index is 0.299. The van der Waals surface area contributed by atoms with Crippen LogP contribution in [0.5, 0.6) is 0 Å². The molecule has 20 heavy (non-hydrogen) atoms. The summed E-state index contributed by atoms with van der Waals surface area (Å²) in [4.78, 5) is 10.9. The van der Waals surface area contributed by atoms with Gasteiger partial charge in [0.2, 0.25) is 0 Å². The molecule has 1 aliphatic heterocycles. The van der Waals surface area contributed by atoms with Gasteiger partial charge in [-0.2, -0.15) is 0 Å². The van der Waals surface area contributed by atoms with Crippen LogP contribution >= 0.6 is 0 Å². The molecule has 2 heterocycles. The molecule has 1 aromatic heterocycles. The summed E-state index contributed by atoms with van der Waals surface area (Å²) in [6, 6.07) is 0.299. The van der Waals surface area contributed by atoms with Gasteiger partial charge in [-0.25, -0.2) is 9.97 Å². The highest BCUT2D eigenvalue weighted by molar-refractivity contribution is 5.74. The van der Waals surface area contributed by atoms with E-state index in [2.05, 4.69) is 39.3 Å². The molecule has 0 radical (unpaired) electrons. The lowest BCUT2D eigenvalue weighted by molar-refractivity contribution is 0.237. The number of hydrogen-bond acceptors (Lipinski definition) is 6. The number of nitrogens with one attached hydrogen (secondary N) is 2. The molecule has 0 unspecified atom stereocenters. The minimum Gasteiger partial charge on any atom is -0.393 e. The van der Waals surface area contributed by atoms with Crippen LogP contribution in [0.1, 0.15) is 33.1 Å². The molecule has 1 aromatic rings. The second-order valence-electron chi connectivity index (χ2n) is 5.61. The van der Waals surface area contributed by atoms with E-state index in [1.165, 1.54) is 32.4 Å². The van der Waals surface area contributed by atoms with Crippen LogP contribution < -0.4 is 16.4 Å². The van der Waals surface area contributed by atoms with Crippen molar-refractivity contribution in [1.29, 1.82) is 0 Å². The molecular formula is C14H26N6. The number of anilines is 3. The summed E-state index contributed by atoms with van der Waals surface area (Å²) in [7, 11) is 0. The molecule has 112 valence electrons. The lowest BCUT2D eigenvalue weighted by Gasteiger charge is -2.26. The molecule has 0 bridgehead atoms. The topological polar surface area (TPSA) is 79.1 Å². The first-order valence-electron chi connectivity index (χ1n) is 7.50. The fourth-order valence-corrected chi connectivity index (χ4v) is 2.44. The van der Waals surface area contributed by atoms with Crippen LogP contribution in [0.3, 0.4) is 0 Å². The third-order valence-corrected chi connectivity index (χ3v) is 3.48. The summed E-state index contributed by atoms with van der Waals surface area (Å²) >= 11 is 0. The predicted octanol–water partition coefficient (Wildman–Crippen LogP) is 1.78. The van der Waals surface area contributed by atoms with E-state index >= 15 is 0 Å². The molecule has 0 amide bonds. The van der Waals surface area contributed by atoms with Gasteiger partial charge in [-0.1, -0.05) is 6.42 Å². The smallest absolute Gasteiger partial charge is 0.155 e. The van der Waals surface area contributed by atoms with E-state index in [0.717, 1.165) is 18.9 Å². The van der Waals surface area contributed by atoms with Gasteiger partial charge in [0.25, 0.3) is 0 Å². The van der Waals surface area contributed by atoms with Crippen molar-refractivity contribution in [3.05, 3.63) is 6.33 Å². The number of hydrogen-bond donors (Lipinski definition) is 3. The molecule has 2 rings (SSSR count). The van der Waals surface area contributed by atoms with Crippen LogP contribution in [0.2, 0.25) is 0 Å². The van der Waals surface area contributed by atoms with E-state index in [0.29, 0.717) is 17.5 Å². The standard InChI is InChI=1S/C14H26N6/c1-11(2)19-14-12(15)13(17-10-18-14)16-6-9-20-7-4-3-5-8-20/h10-11H,3-9,15H2,1-2H3,(H2,16,17,18,19). The highest BCUT2D eigenvalue weighted by Crippen LogP contribution is 2.22. The maximum absolute atomic E-state index is 6.09. The molecule has 0 aliphatic carbocycles. The predicted molar refractivity (Wildman–Crippen MR) is 84.0 cm³/mol. The Bertz CT molecular complexity index is 414. The van der Waals surface area contributed by atoms with E-state index in [4.69, 9.17) is 5.73 Å². The molecule has 6 heteroatoms. The SMILES string of the molecule is CC(C)Nc1ncnc(NCCN2CCCCC2)c1N. The lowest BCUT2D eigenvalue weighted by Crippen LogP contribution is -2.33. The van der Waals surface area contributed by atoms with Crippen molar-refractivity contribution in [3.63, 3.8) is 0 Å². The van der Waals surface area contributed by atoms with Crippen LogP contribution in [0.25, 0.3) is 0 Å². The molecule has 0 saturated carbocycles. The molecule has 1 fully saturated rings. The average molecular weight is 278 g/mol. The van der Waals surface area contributed by atoms with Gasteiger partial charge < -0.3 is 21.3 Å². The van der Waals surface area contributed by atoms with Gasteiger partial charge in [-0.05, 0) is 39.8 Å². The summed E-state index contributed by atoms with van der Waals surface area (Å²) in [5.41, 5.74) is 6.68. The van der Waals surface area contributed by atoms with Gasteiger partial charge in [0, 0.05) is 19.1 Å². The zero-order valence-electron chi connectivity index (χ0n) is 12.5. The Balaban J connectivity index is 1.85. The van der Waals surface area contributed by atoms with E-state index in [1.54, 1.807) is 6.33 Å². The van der Waals surface area contributed by atoms with Gasteiger partial charge >= 0.3 is 0 Å². The van der Waals surface area contributed by atoms with Crippen molar-refractivity contribution in [2.24, 2.45) is 0 Å². The summed E-state index contributed by atoms with van der Waals surface area (Å²) < 4.78 is 0. The summed E-state index contributed by atoms with van der Waals surface area (Å²) in [5.74, 6) is 1.43. The van der Waals surface area contributed by atoms with E-state index in [1.807, 2.05) is 0 Å². The van der Waals surface area contributed by atoms with E-state index < -0.39 is 0 Å². The van der Waals surface area contributed by atoms with Crippen molar-refractivity contribution in [3.8, 4) is 0 Å². The van der Waals surface area contributed by atoms with Gasteiger partial charge in [-0.3, -0.25) is 0 Å². The Kier molecular flexibility index (Phi) is 5.40. The second-order valence-corrected chi connectivity index (χ2v) is 5.61. The van der Waals surface area contributed by atoms with Gasteiger partial charge in [0.1, 0.15) is 12.0 Å². The summed E-state index contributed by atoms with van der Waals surface area (Å²) in [5, 5.41) is 6.54. The van der Waals surface area contributed by atoms with Crippen LogP contribution in [0.4, 0.5) is 17.3 Å². The number of piperidine rings is 1. The fraction of sp³-hybridized carbons (Fsp3) is 0.714. The van der Waals surface area contributed by atoms with E-state index in [9.17, 15) is 0 Å². The molecule has 0 atom stereocenters. The van der Waals surface area contributed by atoms with E-state index in [-0.39, 0.29) is 0 Å². The lowest BCUT2D eigenvalue weighted by atomic mass is 10.1. The van der Waals surface area contributed by atoms with Gasteiger partial charge in [0.15, 0.2) is 11.6 Å². The fourth-order valence-electron chi connectivity index (χ4n) is 2.44. The third kappa shape index (κ3) is 4.23. The first-order valence-corrected chi connectivity index (χ1v) is 7.50. The average Bonchev–Trinajstić information content (AvgIpc) is 2.43. The summed E-state index contributed by atoms with van der Waals surface area (Å²) in [6.07, 6.45) is 5.55. The Morgan fingerprint density at radius 2 is 1.90 bits per heavy atom. The number of rotatable bonds is 6. The quantitative estimate of drug-likeness (QED) is 0.736. The maximum Gasteiger partial charge on any atom is 0.155 e. The Labute approximate surface area is 121 Å². The highest BCUT2D eigenvalue weighted by atomic mass is 15.2. The zero-order chi connectivity index (χ0) is 14.4.